The molecular weight excluding hydrogens is 318 g/mol. The van der Waals surface area contributed by atoms with Crippen LogP contribution in [0.1, 0.15) is 42.6 Å². The van der Waals surface area contributed by atoms with Gasteiger partial charge >= 0.3 is 0 Å². The Morgan fingerprint density at radius 3 is 2.65 bits per heavy atom. The molecule has 106 valence electrons. The maximum absolute atomic E-state index is 12.6. The van der Waals surface area contributed by atoms with Gasteiger partial charge in [0.2, 0.25) is 5.91 Å². The minimum atomic E-state index is 0.0414. The molecule has 1 fully saturated rings. The highest BCUT2D eigenvalue weighted by Crippen LogP contribution is 2.40. The standard InChI is InChI=1S/C16H18BrNO2/c1-9(11-3-4-11)16(20)13-8-15-12(7-14(13)17)5-6-18(15)10(2)19/h7-9,11H,3-6H2,1-2H3. The van der Waals surface area contributed by atoms with E-state index in [1.165, 1.54) is 0 Å². The molecule has 1 amide bonds. The Balaban J connectivity index is 1.98. The van der Waals surface area contributed by atoms with E-state index in [-0.39, 0.29) is 17.6 Å². The summed E-state index contributed by atoms with van der Waals surface area (Å²) in [4.78, 5) is 26.0. The third kappa shape index (κ3) is 2.30. The van der Waals surface area contributed by atoms with Gasteiger partial charge in [-0.2, -0.15) is 0 Å². The van der Waals surface area contributed by atoms with Crippen molar-refractivity contribution in [3.8, 4) is 0 Å². The molecule has 1 unspecified atom stereocenters. The molecular formula is C16H18BrNO2. The van der Waals surface area contributed by atoms with Gasteiger partial charge in [0, 0.05) is 35.1 Å². The largest absolute Gasteiger partial charge is 0.312 e. The van der Waals surface area contributed by atoms with E-state index < -0.39 is 0 Å². The second-order valence-corrected chi connectivity index (χ2v) is 6.73. The number of halogens is 1. The van der Waals surface area contributed by atoms with Gasteiger partial charge in [-0.1, -0.05) is 22.9 Å². The molecule has 1 atom stereocenters. The average molecular weight is 336 g/mol. The summed E-state index contributed by atoms with van der Waals surface area (Å²) in [6, 6.07) is 3.90. The first kappa shape index (κ1) is 13.8. The monoisotopic (exact) mass is 335 g/mol. The molecule has 0 N–H and O–H groups in total. The third-order valence-electron chi connectivity index (χ3n) is 4.45. The van der Waals surface area contributed by atoms with Crippen molar-refractivity contribution < 1.29 is 9.59 Å². The summed E-state index contributed by atoms with van der Waals surface area (Å²) in [5, 5.41) is 0. The highest BCUT2D eigenvalue weighted by atomic mass is 79.9. The second kappa shape index (κ2) is 4.99. The van der Waals surface area contributed by atoms with Gasteiger partial charge in [-0.15, -0.1) is 0 Å². The van der Waals surface area contributed by atoms with Gasteiger partial charge in [0.25, 0.3) is 0 Å². The molecule has 1 aliphatic carbocycles. The molecule has 2 aliphatic rings. The van der Waals surface area contributed by atoms with Gasteiger partial charge in [0.05, 0.1) is 0 Å². The SMILES string of the molecule is CC(=O)N1CCc2cc(Br)c(C(=O)C(C)C3CC3)cc21. The number of carbonyl (C=O) groups excluding carboxylic acids is 2. The van der Waals surface area contributed by atoms with Crippen molar-refractivity contribution in [2.45, 2.75) is 33.1 Å². The number of Topliss-reactive ketones (excluding diaryl/α,β-unsaturated/α-hetero) is 1. The Bertz CT molecular complexity index is 592. The quantitative estimate of drug-likeness (QED) is 0.791. The van der Waals surface area contributed by atoms with E-state index in [0.717, 1.165) is 40.5 Å². The van der Waals surface area contributed by atoms with Crippen molar-refractivity contribution in [1.29, 1.82) is 0 Å². The number of nitrogens with zero attached hydrogens (tertiary/aromatic N) is 1. The first-order chi connectivity index (χ1) is 9.49. The van der Waals surface area contributed by atoms with Crippen LogP contribution in [0.15, 0.2) is 16.6 Å². The zero-order chi connectivity index (χ0) is 14.4. The number of carbonyl (C=O) groups is 2. The van der Waals surface area contributed by atoms with Crippen LogP contribution in [0.2, 0.25) is 0 Å². The fourth-order valence-corrected chi connectivity index (χ4v) is 3.56. The average Bonchev–Trinajstić information content (AvgIpc) is 3.16. The highest BCUT2D eigenvalue weighted by Gasteiger charge is 2.34. The van der Waals surface area contributed by atoms with Crippen molar-refractivity contribution in [2.75, 3.05) is 11.4 Å². The first-order valence-corrected chi connectivity index (χ1v) is 7.93. The van der Waals surface area contributed by atoms with E-state index in [0.29, 0.717) is 12.5 Å². The van der Waals surface area contributed by atoms with Gasteiger partial charge in [-0.25, -0.2) is 0 Å². The summed E-state index contributed by atoms with van der Waals surface area (Å²) in [6.45, 7) is 4.31. The van der Waals surface area contributed by atoms with Crippen LogP contribution in [0, 0.1) is 11.8 Å². The van der Waals surface area contributed by atoms with Crippen LogP contribution in [0.4, 0.5) is 5.69 Å². The van der Waals surface area contributed by atoms with E-state index in [1.807, 2.05) is 19.1 Å². The molecule has 0 radical (unpaired) electrons. The Labute approximate surface area is 127 Å². The van der Waals surface area contributed by atoms with Crippen LogP contribution in [0.25, 0.3) is 0 Å². The van der Waals surface area contributed by atoms with Crippen molar-refractivity contribution in [3.63, 3.8) is 0 Å². The molecule has 1 heterocycles. The fraction of sp³-hybridized carbons (Fsp3) is 0.500. The van der Waals surface area contributed by atoms with Crippen LogP contribution in [0.5, 0.6) is 0 Å². The van der Waals surface area contributed by atoms with Gasteiger partial charge < -0.3 is 4.90 Å². The van der Waals surface area contributed by atoms with Crippen molar-refractivity contribution in [2.24, 2.45) is 11.8 Å². The molecule has 3 rings (SSSR count). The summed E-state index contributed by atoms with van der Waals surface area (Å²) in [5.41, 5.74) is 2.77. The number of benzene rings is 1. The van der Waals surface area contributed by atoms with Gasteiger partial charge in [0.15, 0.2) is 5.78 Å². The molecule has 1 aliphatic heterocycles. The Kier molecular flexibility index (Phi) is 3.44. The summed E-state index contributed by atoms with van der Waals surface area (Å²) in [5.74, 6) is 0.861. The number of rotatable bonds is 3. The highest BCUT2D eigenvalue weighted by molar-refractivity contribution is 9.10. The van der Waals surface area contributed by atoms with E-state index in [1.54, 1.807) is 11.8 Å². The lowest BCUT2D eigenvalue weighted by atomic mass is 9.94. The fourth-order valence-electron chi connectivity index (χ4n) is 2.98. The lowest BCUT2D eigenvalue weighted by Gasteiger charge is -2.17. The normalized spacial score (nSPS) is 18.9. The summed E-state index contributed by atoms with van der Waals surface area (Å²) < 4.78 is 0.860. The van der Waals surface area contributed by atoms with Crippen molar-refractivity contribution >= 4 is 33.3 Å². The molecule has 1 saturated carbocycles. The number of amides is 1. The number of fused-ring (bicyclic) bond motifs is 1. The van der Waals surface area contributed by atoms with Crippen molar-refractivity contribution in [3.05, 3.63) is 27.7 Å². The van der Waals surface area contributed by atoms with E-state index >= 15 is 0 Å². The maximum Gasteiger partial charge on any atom is 0.223 e. The molecule has 3 nitrogen and oxygen atoms in total. The van der Waals surface area contributed by atoms with Crippen LogP contribution in [-0.4, -0.2) is 18.2 Å². The maximum atomic E-state index is 12.6. The number of anilines is 1. The lowest BCUT2D eigenvalue weighted by molar-refractivity contribution is -0.116. The van der Waals surface area contributed by atoms with Crippen LogP contribution in [0.3, 0.4) is 0 Å². The van der Waals surface area contributed by atoms with Crippen LogP contribution < -0.4 is 4.90 Å². The predicted octanol–water partition coefficient (Wildman–Crippen LogP) is 3.59. The Morgan fingerprint density at radius 2 is 2.05 bits per heavy atom. The molecule has 0 spiro atoms. The number of hydrogen-bond acceptors (Lipinski definition) is 2. The lowest BCUT2D eigenvalue weighted by Crippen LogP contribution is -2.26. The smallest absolute Gasteiger partial charge is 0.223 e. The van der Waals surface area contributed by atoms with E-state index in [9.17, 15) is 9.59 Å². The molecule has 0 aromatic heterocycles. The van der Waals surface area contributed by atoms with Gasteiger partial charge in [0.1, 0.15) is 0 Å². The van der Waals surface area contributed by atoms with Crippen LogP contribution in [-0.2, 0) is 11.2 Å². The minimum absolute atomic E-state index is 0.0414. The van der Waals surface area contributed by atoms with Gasteiger partial charge in [-0.3, -0.25) is 9.59 Å². The first-order valence-electron chi connectivity index (χ1n) is 7.13. The molecule has 1 aromatic rings. The van der Waals surface area contributed by atoms with Crippen molar-refractivity contribution in [1.82, 2.24) is 0 Å². The van der Waals surface area contributed by atoms with Gasteiger partial charge in [-0.05, 0) is 42.9 Å². The topological polar surface area (TPSA) is 37.4 Å². The van der Waals surface area contributed by atoms with E-state index in [2.05, 4.69) is 15.9 Å². The summed E-state index contributed by atoms with van der Waals surface area (Å²) in [6.07, 6.45) is 3.18. The zero-order valence-corrected chi connectivity index (χ0v) is 13.4. The minimum Gasteiger partial charge on any atom is -0.312 e. The Morgan fingerprint density at radius 1 is 1.35 bits per heavy atom. The zero-order valence-electron chi connectivity index (χ0n) is 11.8. The third-order valence-corrected chi connectivity index (χ3v) is 5.11. The predicted molar refractivity (Wildman–Crippen MR) is 82.1 cm³/mol. The molecule has 0 bridgehead atoms. The van der Waals surface area contributed by atoms with E-state index in [4.69, 9.17) is 0 Å². The summed E-state index contributed by atoms with van der Waals surface area (Å²) in [7, 11) is 0. The second-order valence-electron chi connectivity index (χ2n) is 5.87. The molecule has 20 heavy (non-hydrogen) atoms. The molecule has 1 aromatic carbocycles. The number of hydrogen-bond donors (Lipinski definition) is 0. The summed E-state index contributed by atoms with van der Waals surface area (Å²) >= 11 is 3.52. The number of ketones is 1. The molecule has 4 heteroatoms. The Hall–Kier alpha value is -1.16. The molecule has 0 saturated heterocycles. The van der Waals surface area contributed by atoms with Crippen LogP contribution >= 0.6 is 15.9 Å².